The number of rotatable bonds is 5. The van der Waals surface area contributed by atoms with E-state index in [9.17, 15) is 4.79 Å². The number of thiophene rings is 2. The van der Waals surface area contributed by atoms with Gasteiger partial charge in [0.2, 0.25) is 0 Å². The maximum absolute atomic E-state index is 12.5. The van der Waals surface area contributed by atoms with Crippen LogP contribution in [0.5, 0.6) is 0 Å². The molecule has 0 aliphatic rings. The van der Waals surface area contributed by atoms with Gasteiger partial charge in [0.15, 0.2) is 0 Å². The van der Waals surface area contributed by atoms with Crippen LogP contribution in [0.25, 0.3) is 0 Å². The number of carbonyl (C=O) groups excluding carboxylic acids is 1. The minimum Gasteiger partial charge on any atom is -0.472 e. The molecule has 3 aromatic heterocycles. The maximum atomic E-state index is 12.5. The number of amides is 1. The summed E-state index contributed by atoms with van der Waals surface area (Å²) in [5, 5.41) is 4.06. The molecule has 5 heteroatoms. The number of furan rings is 1. The van der Waals surface area contributed by atoms with E-state index in [2.05, 4.69) is 12.1 Å². The van der Waals surface area contributed by atoms with Crippen LogP contribution in [0.4, 0.5) is 0 Å². The van der Waals surface area contributed by atoms with Gasteiger partial charge in [0.05, 0.1) is 24.9 Å². The lowest BCUT2D eigenvalue weighted by Crippen LogP contribution is -2.29. The van der Waals surface area contributed by atoms with Crippen LogP contribution in [0.3, 0.4) is 0 Å². The monoisotopic (exact) mass is 303 g/mol. The maximum Gasteiger partial charge on any atom is 0.257 e. The Morgan fingerprint density at radius 2 is 1.70 bits per heavy atom. The fourth-order valence-corrected chi connectivity index (χ4v) is 3.39. The average Bonchev–Trinajstić information content (AvgIpc) is 3.20. The van der Waals surface area contributed by atoms with E-state index >= 15 is 0 Å². The molecule has 0 unspecified atom stereocenters. The van der Waals surface area contributed by atoms with E-state index in [1.807, 2.05) is 27.8 Å². The minimum absolute atomic E-state index is 0.000509. The third kappa shape index (κ3) is 3.00. The third-order valence-electron chi connectivity index (χ3n) is 2.91. The van der Waals surface area contributed by atoms with E-state index in [-0.39, 0.29) is 5.91 Å². The second-order valence-corrected chi connectivity index (χ2v) is 6.40. The first-order valence-corrected chi connectivity index (χ1v) is 7.95. The van der Waals surface area contributed by atoms with Crippen molar-refractivity contribution in [3.8, 4) is 0 Å². The van der Waals surface area contributed by atoms with Gasteiger partial charge in [-0.25, -0.2) is 0 Å². The highest BCUT2D eigenvalue weighted by Crippen LogP contribution is 2.19. The van der Waals surface area contributed by atoms with E-state index in [1.165, 1.54) is 22.3 Å². The summed E-state index contributed by atoms with van der Waals surface area (Å²) in [6.07, 6.45) is 3.03. The van der Waals surface area contributed by atoms with Gasteiger partial charge in [-0.2, -0.15) is 0 Å². The van der Waals surface area contributed by atoms with Gasteiger partial charge in [-0.05, 0) is 29.0 Å². The van der Waals surface area contributed by atoms with Crippen LogP contribution in [0.1, 0.15) is 20.1 Å². The van der Waals surface area contributed by atoms with E-state index in [0.29, 0.717) is 18.7 Å². The summed E-state index contributed by atoms with van der Waals surface area (Å²) in [7, 11) is 0. The predicted octanol–water partition coefficient (Wildman–Crippen LogP) is 4.25. The molecule has 0 aliphatic heterocycles. The molecule has 0 atom stereocenters. The molecule has 0 fully saturated rings. The van der Waals surface area contributed by atoms with Crippen LogP contribution in [-0.4, -0.2) is 10.8 Å². The van der Waals surface area contributed by atoms with E-state index < -0.39 is 0 Å². The van der Waals surface area contributed by atoms with Crippen LogP contribution >= 0.6 is 22.7 Å². The summed E-state index contributed by atoms with van der Waals surface area (Å²) in [6.45, 7) is 1.25. The standard InChI is InChI=1S/C15H13NO2S2/c17-15(12-5-6-18-11-12)16(9-13-3-1-7-19-13)10-14-4-2-8-20-14/h1-8,11H,9-10H2. The van der Waals surface area contributed by atoms with Gasteiger partial charge in [0.25, 0.3) is 5.91 Å². The van der Waals surface area contributed by atoms with Crippen molar-refractivity contribution >= 4 is 28.6 Å². The van der Waals surface area contributed by atoms with Gasteiger partial charge < -0.3 is 9.32 Å². The summed E-state index contributed by atoms with van der Waals surface area (Å²) in [6, 6.07) is 9.82. The highest BCUT2D eigenvalue weighted by molar-refractivity contribution is 7.10. The SMILES string of the molecule is O=C(c1ccoc1)N(Cc1cccs1)Cc1cccs1. The molecule has 3 aromatic rings. The minimum atomic E-state index is 0.000509. The molecule has 0 radical (unpaired) electrons. The molecule has 3 heterocycles. The molecule has 0 N–H and O–H groups in total. The van der Waals surface area contributed by atoms with E-state index in [0.717, 1.165) is 0 Å². The Hall–Kier alpha value is -1.85. The zero-order chi connectivity index (χ0) is 13.8. The smallest absolute Gasteiger partial charge is 0.257 e. The van der Waals surface area contributed by atoms with Gasteiger partial charge in [0, 0.05) is 9.75 Å². The Bertz CT molecular complexity index is 606. The highest BCUT2D eigenvalue weighted by Gasteiger charge is 2.18. The van der Waals surface area contributed by atoms with Crippen LogP contribution < -0.4 is 0 Å². The Kier molecular flexibility index (Phi) is 3.99. The molecule has 0 saturated carbocycles. The third-order valence-corrected chi connectivity index (χ3v) is 4.63. The summed E-state index contributed by atoms with van der Waals surface area (Å²) < 4.78 is 5.01. The van der Waals surface area contributed by atoms with Crippen molar-refractivity contribution in [2.75, 3.05) is 0 Å². The number of carbonyl (C=O) groups is 1. The van der Waals surface area contributed by atoms with Crippen LogP contribution in [0.15, 0.2) is 58.0 Å². The number of nitrogens with zero attached hydrogens (tertiary/aromatic N) is 1. The number of hydrogen-bond donors (Lipinski definition) is 0. The fraction of sp³-hybridized carbons (Fsp3) is 0.133. The van der Waals surface area contributed by atoms with Crippen molar-refractivity contribution in [3.63, 3.8) is 0 Å². The Morgan fingerprint density at radius 3 is 2.15 bits per heavy atom. The Labute approximate surface area is 125 Å². The van der Waals surface area contributed by atoms with Crippen LogP contribution in [0, 0.1) is 0 Å². The van der Waals surface area contributed by atoms with Crippen molar-refractivity contribution in [2.24, 2.45) is 0 Å². The van der Waals surface area contributed by atoms with Crippen molar-refractivity contribution in [1.29, 1.82) is 0 Å². The van der Waals surface area contributed by atoms with Crippen LogP contribution in [-0.2, 0) is 13.1 Å². The summed E-state index contributed by atoms with van der Waals surface area (Å²) >= 11 is 3.33. The van der Waals surface area contributed by atoms with Gasteiger partial charge >= 0.3 is 0 Å². The molecule has 0 aromatic carbocycles. The fourth-order valence-electron chi connectivity index (χ4n) is 1.95. The van der Waals surface area contributed by atoms with Crippen molar-refractivity contribution in [2.45, 2.75) is 13.1 Å². The van der Waals surface area contributed by atoms with Crippen molar-refractivity contribution in [3.05, 3.63) is 68.9 Å². The van der Waals surface area contributed by atoms with Crippen molar-refractivity contribution in [1.82, 2.24) is 4.90 Å². The lowest BCUT2D eigenvalue weighted by molar-refractivity contribution is 0.0733. The molecule has 20 heavy (non-hydrogen) atoms. The zero-order valence-electron chi connectivity index (χ0n) is 10.7. The molecule has 0 saturated heterocycles. The molecule has 1 amide bonds. The molecule has 0 spiro atoms. The first-order valence-electron chi connectivity index (χ1n) is 6.19. The summed E-state index contributed by atoms with van der Waals surface area (Å²) in [4.78, 5) is 16.7. The highest BCUT2D eigenvalue weighted by atomic mass is 32.1. The largest absolute Gasteiger partial charge is 0.472 e. The zero-order valence-corrected chi connectivity index (χ0v) is 12.3. The van der Waals surface area contributed by atoms with Crippen molar-refractivity contribution < 1.29 is 9.21 Å². The second kappa shape index (κ2) is 6.07. The number of hydrogen-bond acceptors (Lipinski definition) is 4. The van der Waals surface area contributed by atoms with Gasteiger partial charge in [0.1, 0.15) is 6.26 Å². The first-order chi connectivity index (χ1) is 9.83. The molecular formula is C15H13NO2S2. The molecule has 3 nitrogen and oxygen atoms in total. The summed E-state index contributed by atoms with van der Waals surface area (Å²) in [5.41, 5.74) is 0.595. The normalized spacial score (nSPS) is 10.6. The van der Waals surface area contributed by atoms with Gasteiger partial charge in [-0.15, -0.1) is 22.7 Å². The van der Waals surface area contributed by atoms with Gasteiger partial charge in [-0.1, -0.05) is 12.1 Å². The van der Waals surface area contributed by atoms with E-state index in [4.69, 9.17) is 4.42 Å². The lowest BCUT2D eigenvalue weighted by Gasteiger charge is -2.20. The predicted molar refractivity (Wildman–Crippen MR) is 80.9 cm³/mol. The van der Waals surface area contributed by atoms with Gasteiger partial charge in [-0.3, -0.25) is 4.79 Å². The molecule has 102 valence electrons. The average molecular weight is 303 g/mol. The lowest BCUT2D eigenvalue weighted by atomic mass is 10.2. The molecule has 0 bridgehead atoms. The Morgan fingerprint density at radius 1 is 1.05 bits per heavy atom. The second-order valence-electron chi connectivity index (χ2n) is 4.33. The Balaban J connectivity index is 1.81. The summed E-state index contributed by atoms with van der Waals surface area (Å²) in [5.74, 6) is 0.000509. The topological polar surface area (TPSA) is 33.5 Å². The van der Waals surface area contributed by atoms with E-state index in [1.54, 1.807) is 28.7 Å². The molecule has 3 rings (SSSR count). The quantitative estimate of drug-likeness (QED) is 0.706. The first kappa shape index (κ1) is 13.1. The molecule has 0 aliphatic carbocycles. The van der Waals surface area contributed by atoms with Crippen LogP contribution in [0.2, 0.25) is 0 Å². The molecular weight excluding hydrogens is 290 g/mol.